The number of hydrogen-bond donors (Lipinski definition) is 0. The Morgan fingerprint density at radius 1 is 1.35 bits per heavy atom. The largest absolute Gasteiger partial charge is 0.385 e. The van der Waals surface area contributed by atoms with Gasteiger partial charge in [0.05, 0.1) is 4.91 Å². The Kier molecular flexibility index (Phi) is 5.83. The molecule has 2 aliphatic heterocycles. The summed E-state index contributed by atoms with van der Waals surface area (Å²) in [5.74, 6) is 0.0371. The Labute approximate surface area is 129 Å². The number of nitrogens with zero attached hydrogens (tertiary/aromatic N) is 3. The topological polar surface area (TPSA) is 36.0 Å². The first kappa shape index (κ1) is 15.8. The van der Waals surface area contributed by atoms with Crippen LogP contribution in [0.3, 0.4) is 0 Å². The van der Waals surface area contributed by atoms with Crippen LogP contribution in [0.4, 0.5) is 0 Å². The number of rotatable bonds is 5. The number of methoxy groups -OCH3 is 1. The van der Waals surface area contributed by atoms with E-state index in [4.69, 9.17) is 17.0 Å². The molecule has 2 aliphatic rings. The van der Waals surface area contributed by atoms with Gasteiger partial charge in [0.15, 0.2) is 0 Å². The first-order chi connectivity index (χ1) is 9.61. The summed E-state index contributed by atoms with van der Waals surface area (Å²) in [7, 11) is 3.78. The van der Waals surface area contributed by atoms with Gasteiger partial charge >= 0.3 is 0 Å². The van der Waals surface area contributed by atoms with Crippen LogP contribution in [0.25, 0.3) is 0 Å². The van der Waals surface area contributed by atoms with Crippen molar-refractivity contribution in [2.75, 3.05) is 53.5 Å². The molecule has 5 nitrogen and oxygen atoms in total. The van der Waals surface area contributed by atoms with Crippen molar-refractivity contribution in [3.05, 3.63) is 11.1 Å². The quantitative estimate of drug-likeness (QED) is 0.427. The lowest BCUT2D eigenvalue weighted by molar-refractivity contribution is -0.122. The van der Waals surface area contributed by atoms with Crippen LogP contribution in [0.2, 0.25) is 0 Å². The number of ether oxygens (including phenoxy) is 1. The lowest BCUT2D eigenvalue weighted by Crippen LogP contribution is -2.42. The molecule has 0 unspecified atom stereocenters. The van der Waals surface area contributed by atoms with E-state index in [-0.39, 0.29) is 5.91 Å². The van der Waals surface area contributed by atoms with Gasteiger partial charge in [0.1, 0.15) is 4.32 Å². The molecule has 0 radical (unpaired) electrons. The minimum Gasteiger partial charge on any atom is -0.385 e. The summed E-state index contributed by atoms with van der Waals surface area (Å²) in [5, 5.41) is 0. The highest BCUT2D eigenvalue weighted by Gasteiger charge is 2.32. The highest BCUT2D eigenvalue weighted by atomic mass is 32.2. The Morgan fingerprint density at radius 2 is 2.05 bits per heavy atom. The molecule has 0 N–H and O–H groups in total. The second-order valence-corrected chi connectivity index (χ2v) is 6.68. The minimum absolute atomic E-state index is 0.0371. The van der Waals surface area contributed by atoms with E-state index in [1.54, 1.807) is 12.0 Å². The third-order valence-electron chi connectivity index (χ3n) is 3.44. The highest BCUT2D eigenvalue weighted by molar-refractivity contribution is 8.26. The lowest BCUT2D eigenvalue weighted by atomic mass is 10.3. The average molecular weight is 315 g/mol. The second kappa shape index (κ2) is 7.40. The van der Waals surface area contributed by atoms with Gasteiger partial charge in [-0.1, -0.05) is 24.0 Å². The summed E-state index contributed by atoms with van der Waals surface area (Å²) < 4.78 is 5.67. The number of hydrogen-bond acceptors (Lipinski definition) is 6. The Morgan fingerprint density at radius 3 is 2.70 bits per heavy atom. The molecule has 2 saturated heterocycles. The smallest absolute Gasteiger partial charge is 0.267 e. The van der Waals surface area contributed by atoms with Crippen molar-refractivity contribution in [2.24, 2.45) is 0 Å². The van der Waals surface area contributed by atoms with Crippen LogP contribution in [0.15, 0.2) is 11.1 Å². The minimum atomic E-state index is 0.0371. The van der Waals surface area contributed by atoms with Gasteiger partial charge in [-0.3, -0.25) is 9.69 Å². The van der Waals surface area contributed by atoms with Crippen molar-refractivity contribution in [3.63, 3.8) is 0 Å². The molecule has 0 aromatic rings. The SMILES string of the molecule is COCCCN1C(=O)/C(=C/N2CCN(C)CC2)SC1=S. The number of thiocarbonyl (C=S) groups is 1. The Bertz CT molecular complexity index is 406. The van der Waals surface area contributed by atoms with Crippen molar-refractivity contribution in [1.29, 1.82) is 0 Å². The zero-order valence-corrected chi connectivity index (χ0v) is 13.6. The highest BCUT2D eigenvalue weighted by Crippen LogP contribution is 2.31. The van der Waals surface area contributed by atoms with Gasteiger partial charge in [-0.2, -0.15) is 0 Å². The zero-order chi connectivity index (χ0) is 14.5. The molecule has 1 amide bonds. The fourth-order valence-corrected chi connectivity index (χ4v) is 3.48. The van der Waals surface area contributed by atoms with Crippen LogP contribution >= 0.6 is 24.0 Å². The van der Waals surface area contributed by atoms with Crippen molar-refractivity contribution in [2.45, 2.75) is 6.42 Å². The number of amides is 1. The molecule has 0 aromatic carbocycles. The third kappa shape index (κ3) is 3.94. The normalized spacial score (nSPS) is 23.2. The monoisotopic (exact) mass is 315 g/mol. The van der Waals surface area contributed by atoms with Gasteiger partial charge in [-0.05, 0) is 13.5 Å². The van der Waals surface area contributed by atoms with Crippen molar-refractivity contribution in [3.8, 4) is 0 Å². The van der Waals surface area contributed by atoms with Crippen LogP contribution in [-0.2, 0) is 9.53 Å². The summed E-state index contributed by atoms with van der Waals surface area (Å²) in [6.07, 6.45) is 2.79. The standard InChI is InChI=1S/C13H21N3O2S2/c1-14-5-7-15(8-6-14)10-11-12(17)16(13(19)20-11)4-3-9-18-2/h10H,3-9H2,1-2H3/b11-10-. The summed E-state index contributed by atoms with van der Waals surface area (Å²) in [5.41, 5.74) is 0. The predicted octanol–water partition coefficient (Wildman–Crippen LogP) is 0.972. The molecule has 7 heteroatoms. The molecule has 0 aromatic heterocycles. The van der Waals surface area contributed by atoms with Gasteiger partial charge < -0.3 is 14.5 Å². The molecule has 20 heavy (non-hydrogen) atoms. The van der Waals surface area contributed by atoms with E-state index in [1.807, 2.05) is 6.20 Å². The van der Waals surface area contributed by atoms with E-state index in [9.17, 15) is 4.79 Å². The third-order valence-corrected chi connectivity index (χ3v) is 4.81. The van der Waals surface area contributed by atoms with Crippen LogP contribution in [0.1, 0.15) is 6.42 Å². The first-order valence-electron chi connectivity index (χ1n) is 6.79. The van der Waals surface area contributed by atoms with Gasteiger partial charge in [0, 0.05) is 52.6 Å². The van der Waals surface area contributed by atoms with Crippen LogP contribution in [-0.4, -0.2) is 78.4 Å². The molecule has 112 valence electrons. The number of likely N-dealkylation sites (N-methyl/N-ethyl adjacent to an activating group) is 1. The van der Waals surface area contributed by atoms with E-state index < -0.39 is 0 Å². The molecule has 0 spiro atoms. The number of carbonyl (C=O) groups is 1. The van der Waals surface area contributed by atoms with Gasteiger partial charge in [0.2, 0.25) is 0 Å². The van der Waals surface area contributed by atoms with Gasteiger partial charge in [-0.15, -0.1) is 0 Å². The summed E-state index contributed by atoms with van der Waals surface area (Å²) in [6.45, 7) is 5.27. The van der Waals surface area contributed by atoms with E-state index in [0.29, 0.717) is 17.5 Å². The molecular weight excluding hydrogens is 294 g/mol. The second-order valence-electron chi connectivity index (χ2n) is 5.00. The fourth-order valence-electron chi connectivity index (χ4n) is 2.17. The Hall–Kier alpha value is -0.630. The van der Waals surface area contributed by atoms with E-state index in [0.717, 1.165) is 37.5 Å². The summed E-state index contributed by atoms with van der Waals surface area (Å²) in [6, 6.07) is 0. The Balaban J connectivity index is 1.93. The molecule has 0 aliphatic carbocycles. The molecule has 0 saturated carbocycles. The lowest BCUT2D eigenvalue weighted by Gasteiger charge is -2.31. The molecule has 2 fully saturated rings. The van der Waals surface area contributed by atoms with Crippen LogP contribution in [0.5, 0.6) is 0 Å². The zero-order valence-electron chi connectivity index (χ0n) is 12.0. The van der Waals surface area contributed by atoms with Gasteiger partial charge in [-0.25, -0.2) is 0 Å². The molecule has 0 bridgehead atoms. The fraction of sp³-hybridized carbons (Fsp3) is 0.692. The maximum Gasteiger partial charge on any atom is 0.267 e. The van der Waals surface area contributed by atoms with Crippen molar-refractivity contribution in [1.82, 2.24) is 14.7 Å². The average Bonchev–Trinajstić information content (AvgIpc) is 2.69. The number of thioether (sulfide) groups is 1. The summed E-state index contributed by atoms with van der Waals surface area (Å²) in [4.78, 5) is 19.3. The summed E-state index contributed by atoms with van der Waals surface area (Å²) >= 11 is 6.70. The van der Waals surface area contributed by atoms with E-state index in [1.165, 1.54) is 11.8 Å². The number of carbonyl (C=O) groups excluding carboxylic acids is 1. The maximum absolute atomic E-state index is 12.3. The van der Waals surface area contributed by atoms with E-state index >= 15 is 0 Å². The molecule has 0 atom stereocenters. The van der Waals surface area contributed by atoms with Gasteiger partial charge in [0.25, 0.3) is 5.91 Å². The number of piperazine rings is 1. The first-order valence-corrected chi connectivity index (χ1v) is 8.01. The predicted molar refractivity (Wildman–Crippen MR) is 85.5 cm³/mol. The molecule has 2 rings (SSSR count). The maximum atomic E-state index is 12.3. The molecular formula is C13H21N3O2S2. The van der Waals surface area contributed by atoms with Crippen molar-refractivity contribution < 1.29 is 9.53 Å². The molecule has 2 heterocycles. The van der Waals surface area contributed by atoms with Crippen LogP contribution in [0, 0.1) is 0 Å². The van der Waals surface area contributed by atoms with Crippen molar-refractivity contribution >= 4 is 34.2 Å². The van der Waals surface area contributed by atoms with Crippen LogP contribution < -0.4 is 0 Å². The van der Waals surface area contributed by atoms with E-state index in [2.05, 4.69) is 16.8 Å².